The third-order valence-corrected chi connectivity index (χ3v) is 5.12. The molecular formula is C15H18BrClN2O4. The second-order valence-corrected chi connectivity index (χ2v) is 7.31. The first-order valence-electron chi connectivity index (χ1n) is 7.64. The Morgan fingerprint density at radius 1 is 1.43 bits per heavy atom. The highest BCUT2D eigenvalue weighted by molar-refractivity contribution is 9.10. The van der Waals surface area contributed by atoms with Crippen molar-refractivity contribution < 1.29 is 14.4 Å². The Morgan fingerprint density at radius 3 is 2.87 bits per heavy atom. The van der Waals surface area contributed by atoms with Crippen LogP contribution in [0.25, 0.3) is 0 Å². The molecule has 2 fully saturated rings. The van der Waals surface area contributed by atoms with Crippen molar-refractivity contribution in [1.29, 1.82) is 0 Å². The summed E-state index contributed by atoms with van der Waals surface area (Å²) in [5, 5.41) is 14.5. The van der Waals surface area contributed by atoms with Crippen LogP contribution in [0.1, 0.15) is 25.7 Å². The van der Waals surface area contributed by atoms with Gasteiger partial charge in [-0.05, 0) is 30.9 Å². The minimum absolute atomic E-state index is 0.0891. The van der Waals surface area contributed by atoms with Crippen molar-refractivity contribution in [3.8, 4) is 0 Å². The standard InChI is InChI=1S/C15H18BrClN2O4/c16-11-6-12(17)14(19(20)21)13(7-11)18-9-10-2-1-3-15(8-10)22-4-5-23-15/h6-7,10,18H,1-5,8-9H2. The molecule has 1 aliphatic heterocycles. The lowest BCUT2D eigenvalue weighted by Crippen LogP contribution is -2.38. The number of nitro groups is 1. The molecule has 1 aromatic rings. The van der Waals surface area contributed by atoms with Crippen LogP contribution in [0.4, 0.5) is 11.4 Å². The van der Waals surface area contributed by atoms with Gasteiger partial charge in [0, 0.05) is 23.9 Å². The van der Waals surface area contributed by atoms with E-state index in [1.807, 2.05) is 0 Å². The van der Waals surface area contributed by atoms with Gasteiger partial charge in [-0.2, -0.15) is 0 Å². The van der Waals surface area contributed by atoms with E-state index in [1.165, 1.54) is 6.07 Å². The highest BCUT2D eigenvalue weighted by atomic mass is 79.9. The maximum atomic E-state index is 11.2. The lowest BCUT2D eigenvalue weighted by atomic mass is 9.84. The number of ether oxygens (including phenoxy) is 2. The Kier molecular flexibility index (Phi) is 5.10. The highest BCUT2D eigenvalue weighted by Gasteiger charge is 2.41. The first-order chi connectivity index (χ1) is 11.0. The van der Waals surface area contributed by atoms with Gasteiger partial charge in [-0.1, -0.05) is 27.5 Å². The number of benzene rings is 1. The SMILES string of the molecule is O=[N+]([O-])c1c(Cl)cc(Br)cc1NCC1CCCC2(C1)OCCO2. The molecule has 0 amide bonds. The summed E-state index contributed by atoms with van der Waals surface area (Å²) >= 11 is 9.32. The molecule has 3 rings (SSSR count). The van der Waals surface area contributed by atoms with Crippen LogP contribution < -0.4 is 5.32 Å². The van der Waals surface area contributed by atoms with Gasteiger partial charge in [0.1, 0.15) is 10.7 Å². The Labute approximate surface area is 147 Å². The molecule has 1 N–H and O–H groups in total. The Morgan fingerprint density at radius 2 is 2.17 bits per heavy atom. The van der Waals surface area contributed by atoms with Crippen LogP contribution in [0, 0.1) is 16.0 Å². The second kappa shape index (κ2) is 6.93. The highest BCUT2D eigenvalue weighted by Crippen LogP contribution is 2.40. The summed E-state index contributed by atoms with van der Waals surface area (Å²) in [5.41, 5.74) is 0.344. The molecule has 8 heteroatoms. The molecule has 1 unspecified atom stereocenters. The summed E-state index contributed by atoms with van der Waals surface area (Å²) in [6, 6.07) is 3.21. The summed E-state index contributed by atoms with van der Waals surface area (Å²) in [6.07, 6.45) is 3.83. The molecular weight excluding hydrogens is 388 g/mol. The van der Waals surface area contributed by atoms with Crippen molar-refractivity contribution in [2.45, 2.75) is 31.5 Å². The fraction of sp³-hybridized carbons (Fsp3) is 0.600. The van der Waals surface area contributed by atoms with Crippen LogP contribution in [-0.2, 0) is 9.47 Å². The quantitative estimate of drug-likeness (QED) is 0.595. The Balaban J connectivity index is 1.69. The zero-order valence-corrected chi connectivity index (χ0v) is 14.9. The first-order valence-corrected chi connectivity index (χ1v) is 8.81. The molecule has 1 atom stereocenters. The average molecular weight is 406 g/mol. The van der Waals surface area contributed by atoms with Gasteiger partial charge in [0.05, 0.1) is 18.1 Å². The minimum atomic E-state index is -0.456. The van der Waals surface area contributed by atoms with Crippen molar-refractivity contribution in [1.82, 2.24) is 0 Å². The number of nitrogens with zero attached hydrogens (tertiary/aromatic N) is 1. The van der Waals surface area contributed by atoms with Crippen molar-refractivity contribution in [2.24, 2.45) is 5.92 Å². The third kappa shape index (κ3) is 3.79. The number of rotatable bonds is 4. The largest absolute Gasteiger partial charge is 0.379 e. The van der Waals surface area contributed by atoms with Gasteiger partial charge in [0.25, 0.3) is 0 Å². The Bertz CT molecular complexity index is 607. The van der Waals surface area contributed by atoms with Gasteiger partial charge < -0.3 is 14.8 Å². The van der Waals surface area contributed by atoms with E-state index >= 15 is 0 Å². The normalized spacial score (nSPS) is 23.1. The summed E-state index contributed by atoms with van der Waals surface area (Å²) < 4.78 is 12.3. The van der Waals surface area contributed by atoms with Crippen LogP contribution in [0.15, 0.2) is 16.6 Å². The predicted octanol–water partition coefficient (Wildman–Crippen LogP) is 4.36. The van der Waals surface area contributed by atoms with Crippen molar-refractivity contribution >= 4 is 38.9 Å². The number of nitro benzene ring substituents is 1. The van der Waals surface area contributed by atoms with Crippen molar-refractivity contribution in [2.75, 3.05) is 25.1 Å². The summed E-state index contributed by atoms with van der Waals surface area (Å²) in [5.74, 6) is -0.0925. The smallest absolute Gasteiger partial charge is 0.310 e. The molecule has 0 bridgehead atoms. The topological polar surface area (TPSA) is 73.6 Å². The molecule has 1 spiro atoms. The molecule has 1 aliphatic carbocycles. The van der Waals surface area contributed by atoms with E-state index in [0.717, 1.165) is 25.7 Å². The monoisotopic (exact) mass is 404 g/mol. The molecule has 0 aromatic heterocycles. The maximum absolute atomic E-state index is 11.2. The molecule has 1 saturated carbocycles. The number of hydrogen-bond acceptors (Lipinski definition) is 5. The van der Waals surface area contributed by atoms with Crippen LogP contribution >= 0.6 is 27.5 Å². The zero-order chi connectivity index (χ0) is 16.4. The lowest BCUT2D eigenvalue weighted by Gasteiger charge is -2.36. The second-order valence-electron chi connectivity index (χ2n) is 5.99. The molecule has 1 aromatic carbocycles. The number of nitrogens with one attached hydrogen (secondary N) is 1. The molecule has 1 saturated heterocycles. The van der Waals surface area contributed by atoms with Gasteiger partial charge in [-0.25, -0.2) is 0 Å². The average Bonchev–Trinajstić information content (AvgIpc) is 2.92. The zero-order valence-electron chi connectivity index (χ0n) is 12.5. The molecule has 6 nitrogen and oxygen atoms in total. The summed E-state index contributed by atoms with van der Waals surface area (Å²) in [6.45, 7) is 1.92. The number of anilines is 1. The third-order valence-electron chi connectivity index (χ3n) is 4.38. The predicted molar refractivity (Wildman–Crippen MR) is 90.9 cm³/mol. The van der Waals surface area contributed by atoms with Crippen molar-refractivity contribution in [3.05, 3.63) is 31.7 Å². The lowest BCUT2D eigenvalue weighted by molar-refractivity contribution is -0.383. The van der Waals surface area contributed by atoms with Crippen molar-refractivity contribution in [3.63, 3.8) is 0 Å². The first kappa shape index (κ1) is 17.0. The van der Waals surface area contributed by atoms with Crippen LogP contribution in [-0.4, -0.2) is 30.5 Å². The van der Waals surface area contributed by atoms with Gasteiger partial charge in [0.2, 0.25) is 0 Å². The van der Waals surface area contributed by atoms with E-state index in [1.54, 1.807) is 6.07 Å². The van der Waals surface area contributed by atoms with Crippen LogP contribution in [0.2, 0.25) is 5.02 Å². The molecule has 1 heterocycles. The van der Waals surface area contributed by atoms with Gasteiger partial charge >= 0.3 is 5.69 Å². The maximum Gasteiger partial charge on any atom is 0.310 e. The van der Waals surface area contributed by atoms with E-state index in [-0.39, 0.29) is 10.7 Å². The molecule has 126 valence electrons. The van der Waals surface area contributed by atoms with Gasteiger partial charge in [-0.3, -0.25) is 10.1 Å². The summed E-state index contributed by atoms with van der Waals surface area (Å²) in [4.78, 5) is 10.8. The van der Waals surface area contributed by atoms with Crippen LogP contribution in [0.5, 0.6) is 0 Å². The molecule has 2 aliphatic rings. The van der Waals surface area contributed by atoms with Crippen LogP contribution in [0.3, 0.4) is 0 Å². The number of hydrogen-bond donors (Lipinski definition) is 1. The van der Waals surface area contributed by atoms with E-state index in [9.17, 15) is 10.1 Å². The van der Waals surface area contributed by atoms with E-state index in [4.69, 9.17) is 21.1 Å². The fourth-order valence-electron chi connectivity index (χ4n) is 3.38. The van der Waals surface area contributed by atoms with E-state index < -0.39 is 10.7 Å². The van der Waals surface area contributed by atoms with E-state index in [0.29, 0.717) is 35.8 Å². The number of halogens is 2. The van der Waals surface area contributed by atoms with Gasteiger partial charge in [0.15, 0.2) is 5.79 Å². The van der Waals surface area contributed by atoms with E-state index in [2.05, 4.69) is 21.2 Å². The Hall–Kier alpha value is -0.890. The van der Waals surface area contributed by atoms with Gasteiger partial charge in [-0.15, -0.1) is 0 Å². The molecule has 0 radical (unpaired) electrons. The summed E-state index contributed by atoms with van der Waals surface area (Å²) in [7, 11) is 0. The molecule has 23 heavy (non-hydrogen) atoms. The fourth-order valence-corrected chi connectivity index (χ4v) is 4.26. The minimum Gasteiger partial charge on any atom is -0.379 e.